The zero-order valence-electron chi connectivity index (χ0n) is 14.9. The lowest BCUT2D eigenvalue weighted by atomic mass is 9.77. The lowest BCUT2D eigenvalue weighted by Crippen LogP contribution is -2.36. The lowest BCUT2D eigenvalue weighted by molar-refractivity contribution is 0.301. The molecule has 1 aliphatic carbocycles. The Morgan fingerprint density at radius 2 is 1.81 bits per heavy atom. The molecule has 0 aromatic heterocycles. The number of nitrogens with one attached hydrogen (secondary N) is 1. The molecule has 0 unspecified atom stereocenters. The second kappa shape index (κ2) is 7.42. The minimum absolute atomic E-state index is 0.172. The number of nitrogens with zero attached hydrogens (tertiary/aromatic N) is 2. The first-order valence-corrected chi connectivity index (χ1v) is 9.59. The average molecular weight is 362 g/mol. The smallest absolute Gasteiger partial charge is 0.189 e. The third-order valence-electron chi connectivity index (χ3n) is 5.21. The van der Waals surface area contributed by atoms with Crippen LogP contribution >= 0.6 is 12.2 Å². The van der Waals surface area contributed by atoms with Gasteiger partial charge in [-0.25, -0.2) is 5.01 Å². The van der Waals surface area contributed by atoms with Crippen LogP contribution in [0.4, 0.5) is 0 Å². The zero-order valence-corrected chi connectivity index (χ0v) is 15.7. The van der Waals surface area contributed by atoms with Gasteiger partial charge in [0.1, 0.15) is 0 Å². The minimum Gasteiger partial charge on any atom is -0.364 e. The van der Waals surface area contributed by atoms with Crippen molar-refractivity contribution >= 4 is 29.1 Å². The van der Waals surface area contributed by atoms with Crippen LogP contribution in [0.15, 0.2) is 71.3 Å². The van der Waals surface area contributed by atoms with Gasteiger partial charge in [-0.1, -0.05) is 60.7 Å². The third-order valence-corrected chi connectivity index (χ3v) is 5.60. The first-order valence-electron chi connectivity index (χ1n) is 9.18. The highest BCUT2D eigenvalue weighted by Crippen LogP contribution is 2.44. The number of hydrogen-bond donors (Lipinski definition) is 1. The Morgan fingerprint density at radius 1 is 1.12 bits per heavy atom. The van der Waals surface area contributed by atoms with Crippen molar-refractivity contribution in [3.8, 4) is 0 Å². The second-order valence-corrected chi connectivity index (χ2v) is 7.21. The molecule has 0 spiro atoms. The molecule has 2 aromatic carbocycles. The van der Waals surface area contributed by atoms with Crippen molar-refractivity contribution in [2.45, 2.75) is 25.3 Å². The standard InChI is InChI=1S/C22H23N3S/c1-23-22(26)25-21(17-11-6-3-7-12-17)19-14-8-13-18(20(19)24-25)15-16-9-4-2-5-10-16/h2-7,9-12,15,19,21H,8,13-14H2,1H3,(H,23,26)/b18-15-/t19-,21-/m1/s1. The van der Waals surface area contributed by atoms with Gasteiger partial charge in [0.15, 0.2) is 5.11 Å². The predicted molar refractivity (Wildman–Crippen MR) is 112 cm³/mol. The zero-order chi connectivity index (χ0) is 17.9. The largest absolute Gasteiger partial charge is 0.364 e. The van der Waals surface area contributed by atoms with E-state index in [0.29, 0.717) is 11.0 Å². The number of benzene rings is 2. The summed E-state index contributed by atoms with van der Waals surface area (Å²) < 4.78 is 0. The van der Waals surface area contributed by atoms with Gasteiger partial charge in [0, 0.05) is 13.0 Å². The summed E-state index contributed by atoms with van der Waals surface area (Å²) in [5.41, 5.74) is 5.05. The van der Waals surface area contributed by atoms with Crippen LogP contribution in [0, 0.1) is 5.92 Å². The highest BCUT2D eigenvalue weighted by atomic mass is 32.1. The summed E-state index contributed by atoms with van der Waals surface area (Å²) >= 11 is 5.57. The molecule has 1 aliphatic heterocycles. The average Bonchev–Trinajstić information content (AvgIpc) is 3.09. The van der Waals surface area contributed by atoms with E-state index in [1.165, 1.54) is 28.8 Å². The van der Waals surface area contributed by atoms with Gasteiger partial charge < -0.3 is 5.32 Å². The van der Waals surface area contributed by atoms with E-state index in [4.69, 9.17) is 17.3 Å². The molecule has 4 heteroatoms. The fourth-order valence-electron chi connectivity index (χ4n) is 4.02. The third kappa shape index (κ3) is 3.17. The first-order chi connectivity index (χ1) is 12.8. The van der Waals surface area contributed by atoms with E-state index in [2.05, 4.69) is 72.1 Å². The quantitative estimate of drug-likeness (QED) is 0.780. The molecule has 0 bridgehead atoms. The second-order valence-electron chi connectivity index (χ2n) is 6.82. The maximum atomic E-state index is 5.57. The highest BCUT2D eigenvalue weighted by molar-refractivity contribution is 7.80. The van der Waals surface area contributed by atoms with Crippen LogP contribution in [0.3, 0.4) is 0 Å². The fourth-order valence-corrected chi connectivity index (χ4v) is 4.17. The Kier molecular flexibility index (Phi) is 4.85. The fraction of sp³-hybridized carbons (Fsp3) is 0.273. The van der Waals surface area contributed by atoms with E-state index < -0.39 is 0 Å². The molecule has 0 radical (unpaired) electrons. The molecule has 3 nitrogen and oxygen atoms in total. The lowest BCUT2D eigenvalue weighted by Gasteiger charge is -2.30. The summed E-state index contributed by atoms with van der Waals surface area (Å²) in [5, 5.41) is 10.8. The molecular weight excluding hydrogens is 338 g/mol. The summed E-state index contributed by atoms with van der Waals surface area (Å²) in [6.45, 7) is 0. The normalized spacial score (nSPS) is 23.5. The Balaban J connectivity index is 1.74. The molecule has 0 amide bonds. The van der Waals surface area contributed by atoms with Crippen molar-refractivity contribution in [2.75, 3.05) is 7.05 Å². The van der Waals surface area contributed by atoms with Crippen LogP contribution in [0.2, 0.25) is 0 Å². The molecule has 2 aliphatic rings. The van der Waals surface area contributed by atoms with E-state index in [0.717, 1.165) is 12.8 Å². The Morgan fingerprint density at radius 3 is 2.50 bits per heavy atom. The topological polar surface area (TPSA) is 27.6 Å². The first kappa shape index (κ1) is 17.0. The monoisotopic (exact) mass is 361 g/mol. The van der Waals surface area contributed by atoms with Gasteiger partial charge in [0.05, 0.1) is 11.8 Å². The molecule has 1 fully saturated rings. The SMILES string of the molecule is CNC(=S)N1N=C2/C(=C\c3ccccc3)CCC[C@H]2[C@H]1c1ccccc1. The Hall–Kier alpha value is -2.46. The summed E-state index contributed by atoms with van der Waals surface area (Å²) in [7, 11) is 1.87. The summed E-state index contributed by atoms with van der Waals surface area (Å²) in [6.07, 6.45) is 5.70. The van der Waals surface area contributed by atoms with Crippen LogP contribution < -0.4 is 5.32 Å². The van der Waals surface area contributed by atoms with Crippen LogP contribution in [-0.2, 0) is 0 Å². The van der Waals surface area contributed by atoms with Crippen molar-refractivity contribution in [1.82, 2.24) is 10.3 Å². The van der Waals surface area contributed by atoms with E-state index in [-0.39, 0.29) is 6.04 Å². The van der Waals surface area contributed by atoms with Gasteiger partial charge in [0.25, 0.3) is 0 Å². The molecular formula is C22H23N3S. The van der Waals surface area contributed by atoms with Gasteiger partial charge in [0.2, 0.25) is 0 Å². The van der Waals surface area contributed by atoms with Crippen molar-refractivity contribution in [3.05, 3.63) is 77.4 Å². The molecule has 26 heavy (non-hydrogen) atoms. The molecule has 1 N–H and O–H groups in total. The van der Waals surface area contributed by atoms with Crippen molar-refractivity contribution in [2.24, 2.45) is 11.0 Å². The molecule has 0 saturated heterocycles. The maximum Gasteiger partial charge on any atom is 0.189 e. The summed E-state index contributed by atoms with van der Waals surface area (Å²) in [4.78, 5) is 0. The highest BCUT2D eigenvalue weighted by Gasteiger charge is 2.42. The molecule has 2 aromatic rings. The predicted octanol–water partition coefficient (Wildman–Crippen LogP) is 4.79. The van der Waals surface area contributed by atoms with E-state index in [1.807, 2.05) is 12.1 Å². The summed E-state index contributed by atoms with van der Waals surface area (Å²) in [5.74, 6) is 0.382. The Bertz CT molecular complexity index is 842. The van der Waals surface area contributed by atoms with Gasteiger partial charge in [-0.15, -0.1) is 0 Å². The number of allylic oxidation sites excluding steroid dienone is 1. The van der Waals surface area contributed by atoms with Crippen molar-refractivity contribution < 1.29 is 0 Å². The van der Waals surface area contributed by atoms with Gasteiger partial charge in [-0.3, -0.25) is 0 Å². The van der Waals surface area contributed by atoms with E-state index >= 15 is 0 Å². The van der Waals surface area contributed by atoms with Crippen LogP contribution in [0.25, 0.3) is 6.08 Å². The van der Waals surface area contributed by atoms with Gasteiger partial charge in [-0.2, -0.15) is 5.10 Å². The van der Waals surface area contributed by atoms with Crippen LogP contribution in [0.5, 0.6) is 0 Å². The molecule has 4 rings (SSSR count). The molecule has 2 atom stereocenters. The van der Waals surface area contributed by atoms with Crippen molar-refractivity contribution in [1.29, 1.82) is 0 Å². The molecule has 132 valence electrons. The molecule has 1 saturated carbocycles. The van der Waals surface area contributed by atoms with Gasteiger partial charge in [-0.05, 0) is 54.3 Å². The minimum atomic E-state index is 0.172. The van der Waals surface area contributed by atoms with E-state index in [1.54, 1.807) is 0 Å². The van der Waals surface area contributed by atoms with Crippen molar-refractivity contribution in [3.63, 3.8) is 0 Å². The number of hydrogen-bond acceptors (Lipinski definition) is 2. The molecule has 1 heterocycles. The van der Waals surface area contributed by atoms with Crippen LogP contribution in [0.1, 0.15) is 36.4 Å². The van der Waals surface area contributed by atoms with Crippen LogP contribution in [-0.4, -0.2) is 22.9 Å². The summed E-state index contributed by atoms with van der Waals surface area (Å²) in [6, 6.07) is 21.3. The number of thiocarbonyl (C=S) groups is 1. The Labute approximate surface area is 160 Å². The van der Waals surface area contributed by atoms with Gasteiger partial charge >= 0.3 is 0 Å². The number of hydrazone groups is 1. The number of fused-ring (bicyclic) bond motifs is 1. The van der Waals surface area contributed by atoms with E-state index in [9.17, 15) is 0 Å². The number of rotatable bonds is 2. The maximum absolute atomic E-state index is 5.57.